The van der Waals surface area contributed by atoms with Gasteiger partial charge in [-0.2, -0.15) is 23.4 Å². The molecule has 138 valence electrons. The second-order valence-corrected chi connectivity index (χ2v) is 5.46. The van der Waals surface area contributed by atoms with E-state index < -0.39 is 23.5 Å². The maximum atomic E-state index is 12.9. The highest BCUT2D eigenvalue weighted by Crippen LogP contribution is 2.31. The maximum absolute atomic E-state index is 12.9. The number of nitrogens with one attached hydrogen (secondary N) is 2. The van der Waals surface area contributed by atoms with Crippen LogP contribution in [0.3, 0.4) is 0 Å². The summed E-state index contributed by atoms with van der Waals surface area (Å²) in [6.07, 6.45) is -3.61. The highest BCUT2D eigenvalue weighted by molar-refractivity contribution is 5.94. The highest BCUT2D eigenvalue weighted by Gasteiger charge is 2.32. The van der Waals surface area contributed by atoms with E-state index in [0.717, 1.165) is 12.3 Å². The number of hydrogen-bond donors (Lipinski definition) is 2. The van der Waals surface area contributed by atoms with Crippen molar-refractivity contribution in [1.82, 2.24) is 15.6 Å². The number of halogens is 4. The topological polar surface area (TPSA) is 70.1 Å². The van der Waals surface area contributed by atoms with Crippen molar-refractivity contribution in [2.75, 3.05) is 0 Å². The van der Waals surface area contributed by atoms with Crippen molar-refractivity contribution in [3.05, 3.63) is 77.2 Å². The zero-order valence-corrected chi connectivity index (χ0v) is 13.6. The lowest BCUT2D eigenvalue weighted by molar-refractivity contribution is -0.137. The van der Waals surface area contributed by atoms with Crippen molar-refractivity contribution in [3.8, 4) is 11.3 Å². The minimum absolute atomic E-state index is 0.0515. The molecule has 0 atom stereocenters. The number of amides is 1. The average molecular weight is 376 g/mol. The molecule has 0 radical (unpaired) electrons. The van der Waals surface area contributed by atoms with Gasteiger partial charge in [0, 0.05) is 11.1 Å². The summed E-state index contributed by atoms with van der Waals surface area (Å²) < 4.78 is 51.6. The van der Waals surface area contributed by atoms with Crippen molar-refractivity contribution in [2.24, 2.45) is 5.10 Å². The van der Waals surface area contributed by atoms with E-state index in [0.29, 0.717) is 11.3 Å². The lowest BCUT2D eigenvalue weighted by Crippen LogP contribution is -2.18. The molecule has 2 N–H and O–H groups in total. The van der Waals surface area contributed by atoms with Crippen LogP contribution in [-0.2, 0) is 6.18 Å². The zero-order valence-electron chi connectivity index (χ0n) is 13.6. The fourth-order valence-corrected chi connectivity index (χ4v) is 2.29. The van der Waals surface area contributed by atoms with Gasteiger partial charge in [-0.1, -0.05) is 18.2 Å². The molecule has 0 fully saturated rings. The molecule has 0 spiro atoms. The van der Waals surface area contributed by atoms with Crippen LogP contribution in [0.15, 0.2) is 59.7 Å². The standard InChI is InChI=1S/C18H12F4N4O/c19-13-7-5-11(6-8-13)15-9-16(25-24-15)17(27)26-23-10-12-3-1-2-4-14(12)18(20,21)22/h1-10H,(H,24,25)(H,26,27). The third-order valence-electron chi connectivity index (χ3n) is 3.60. The van der Waals surface area contributed by atoms with Crippen LogP contribution in [0.5, 0.6) is 0 Å². The number of H-pyrrole nitrogens is 1. The van der Waals surface area contributed by atoms with Gasteiger partial charge in [-0.05, 0) is 36.4 Å². The number of hydrogen-bond acceptors (Lipinski definition) is 3. The predicted octanol–water partition coefficient (Wildman–Crippen LogP) is 4.00. The predicted molar refractivity (Wildman–Crippen MR) is 90.5 cm³/mol. The minimum atomic E-state index is -4.53. The van der Waals surface area contributed by atoms with Crippen LogP contribution in [0.25, 0.3) is 11.3 Å². The van der Waals surface area contributed by atoms with E-state index >= 15 is 0 Å². The molecule has 0 aliphatic heterocycles. The number of aromatic nitrogens is 2. The number of rotatable bonds is 4. The van der Waals surface area contributed by atoms with Crippen molar-refractivity contribution in [1.29, 1.82) is 0 Å². The Balaban J connectivity index is 1.70. The third kappa shape index (κ3) is 4.38. The number of carbonyl (C=O) groups is 1. The molecule has 3 rings (SSSR count). The number of hydrazone groups is 1. The first-order chi connectivity index (χ1) is 12.8. The van der Waals surface area contributed by atoms with Crippen LogP contribution in [0, 0.1) is 5.82 Å². The lowest BCUT2D eigenvalue weighted by atomic mass is 10.1. The number of benzene rings is 2. The van der Waals surface area contributed by atoms with E-state index in [2.05, 4.69) is 20.7 Å². The Morgan fingerprint density at radius 3 is 2.52 bits per heavy atom. The SMILES string of the molecule is O=C(NN=Cc1ccccc1C(F)(F)F)c1cc(-c2ccc(F)cc2)n[nH]1. The Kier molecular flexibility index (Phi) is 5.02. The fraction of sp³-hybridized carbons (Fsp3) is 0.0556. The number of alkyl halides is 3. The minimum Gasteiger partial charge on any atom is -0.272 e. The van der Waals surface area contributed by atoms with Gasteiger partial charge in [0.2, 0.25) is 0 Å². The Morgan fingerprint density at radius 1 is 1.11 bits per heavy atom. The molecular formula is C18H12F4N4O. The van der Waals surface area contributed by atoms with Gasteiger partial charge in [0.1, 0.15) is 11.5 Å². The zero-order chi connectivity index (χ0) is 19.4. The third-order valence-corrected chi connectivity index (χ3v) is 3.60. The smallest absolute Gasteiger partial charge is 0.272 e. The second kappa shape index (κ2) is 7.40. The Morgan fingerprint density at radius 2 is 1.81 bits per heavy atom. The summed E-state index contributed by atoms with van der Waals surface area (Å²) in [4.78, 5) is 12.0. The van der Waals surface area contributed by atoms with Crippen molar-refractivity contribution in [2.45, 2.75) is 6.18 Å². The van der Waals surface area contributed by atoms with Crippen molar-refractivity contribution in [3.63, 3.8) is 0 Å². The molecule has 0 aliphatic rings. The second-order valence-electron chi connectivity index (χ2n) is 5.46. The quantitative estimate of drug-likeness (QED) is 0.411. The summed E-state index contributed by atoms with van der Waals surface area (Å²) in [5, 5.41) is 10.00. The summed E-state index contributed by atoms with van der Waals surface area (Å²) >= 11 is 0. The van der Waals surface area contributed by atoms with E-state index in [1.165, 1.54) is 48.5 Å². The molecular weight excluding hydrogens is 364 g/mol. The number of aromatic amines is 1. The molecule has 3 aromatic rings. The molecule has 0 unspecified atom stereocenters. The van der Waals surface area contributed by atoms with E-state index in [1.54, 1.807) is 0 Å². The molecule has 0 saturated carbocycles. The largest absolute Gasteiger partial charge is 0.417 e. The van der Waals surface area contributed by atoms with Crippen LogP contribution in [0.2, 0.25) is 0 Å². The first-order valence-electron chi connectivity index (χ1n) is 7.65. The molecule has 0 saturated heterocycles. The highest BCUT2D eigenvalue weighted by atomic mass is 19.4. The summed E-state index contributed by atoms with van der Waals surface area (Å²) in [6, 6.07) is 11.8. The summed E-state index contributed by atoms with van der Waals surface area (Å²) in [5.41, 5.74) is 2.15. The molecule has 0 aliphatic carbocycles. The summed E-state index contributed by atoms with van der Waals surface area (Å²) in [5.74, 6) is -1.09. The molecule has 27 heavy (non-hydrogen) atoms. The van der Waals surface area contributed by atoms with Gasteiger partial charge in [-0.15, -0.1) is 0 Å². The Hall–Kier alpha value is -3.49. The van der Waals surface area contributed by atoms with Gasteiger partial charge in [-0.3, -0.25) is 9.89 Å². The van der Waals surface area contributed by atoms with Crippen LogP contribution in [-0.4, -0.2) is 22.3 Å². The molecule has 1 amide bonds. The molecule has 5 nitrogen and oxygen atoms in total. The van der Waals surface area contributed by atoms with Gasteiger partial charge in [0.05, 0.1) is 17.5 Å². The van der Waals surface area contributed by atoms with Gasteiger partial charge < -0.3 is 0 Å². The summed E-state index contributed by atoms with van der Waals surface area (Å²) in [7, 11) is 0. The fourth-order valence-electron chi connectivity index (χ4n) is 2.29. The summed E-state index contributed by atoms with van der Waals surface area (Å²) in [6.45, 7) is 0. The number of nitrogens with zero attached hydrogens (tertiary/aromatic N) is 2. The van der Waals surface area contributed by atoms with Crippen LogP contribution in [0.1, 0.15) is 21.6 Å². The molecule has 1 aromatic heterocycles. The first kappa shape index (κ1) is 18.3. The monoisotopic (exact) mass is 376 g/mol. The van der Waals surface area contributed by atoms with Crippen LogP contribution < -0.4 is 5.43 Å². The maximum Gasteiger partial charge on any atom is 0.417 e. The van der Waals surface area contributed by atoms with Crippen LogP contribution >= 0.6 is 0 Å². The van der Waals surface area contributed by atoms with E-state index in [9.17, 15) is 22.4 Å². The van der Waals surface area contributed by atoms with E-state index in [1.807, 2.05) is 0 Å². The van der Waals surface area contributed by atoms with Gasteiger partial charge in [0.25, 0.3) is 5.91 Å². The number of carbonyl (C=O) groups excluding carboxylic acids is 1. The molecule has 2 aromatic carbocycles. The van der Waals surface area contributed by atoms with Crippen molar-refractivity contribution < 1.29 is 22.4 Å². The van der Waals surface area contributed by atoms with Crippen LogP contribution in [0.4, 0.5) is 17.6 Å². The van der Waals surface area contributed by atoms with Gasteiger partial charge in [-0.25, -0.2) is 9.82 Å². The Labute approximate surface area is 150 Å². The van der Waals surface area contributed by atoms with Gasteiger partial charge >= 0.3 is 6.18 Å². The molecule has 9 heteroatoms. The Bertz CT molecular complexity index is 978. The van der Waals surface area contributed by atoms with E-state index in [4.69, 9.17) is 0 Å². The average Bonchev–Trinajstić information content (AvgIpc) is 3.12. The van der Waals surface area contributed by atoms with E-state index in [-0.39, 0.29) is 11.3 Å². The molecule has 1 heterocycles. The first-order valence-corrected chi connectivity index (χ1v) is 7.65. The van der Waals surface area contributed by atoms with Crippen molar-refractivity contribution >= 4 is 12.1 Å². The van der Waals surface area contributed by atoms with Gasteiger partial charge in [0.15, 0.2) is 0 Å². The normalized spacial score (nSPS) is 11.7. The lowest BCUT2D eigenvalue weighted by Gasteiger charge is -2.09. The molecule has 0 bridgehead atoms.